The van der Waals surface area contributed by atoms with E-state index in [0.29, 0.717) is 22.6 Å². The molecule has 0 saturated carbocycles. The number of hydrazone groups is 1. The molecule has 1 spiro atoms. The summed E-state index contributed by atoms with van der Waals surface area (Å²) in [6, 6.07) is 10.6. The number of nitrogens with zero attached hydrogens (tertiary/aromatic N) is 2. The number of fused-ring (bicyclic) bond motifs is 4. The van der Waals surface area contributed by atoms with Crippen LogP contribution >= 0.6 is 0 Å². The second-order valence-corrected chi connectivity index (χ2v) is 11.4. The van der Waals surface area contributed by atoms with Gasteiger partial charge in [0.1, 0.15) is 12.1 Å². The van der Waals surface area contributed by atoms with Crippen molar-refractivity contribution in [3.05, 3.63) is 59.2 Å². The molecule has 0 unspecified atom stereocenters. The Morgan fingerprint density at radius 3 is 2.21 bits per heavy atom. The molecule has 2 aromatic carbocycles. The van der Waals surface area contributed by atoms with Crippen molar-refractivity contribution in [3.8, 4) is 11.5 Å². The summed E-state index contributed by atoms with van der Waals surface area (Å²) in [5.41, 5.74) is -0.779. The molecule has 3 aliphatic rings. The van der Waals surface area contributed by atoms with E-state index in [-0.39, 0.29) is 5.78 Å². The van der Waals surface area contributed by atoms with E-state index in [4.69, 9.17) is 18.9 Å². The molecule has 0 aromatic heterocycles. The summed E-state index contributed by atoms with van der Waals surface area (Å²) >= 11 is 0. The number of rotatable bonds is 4. The fourth-order valence-corrected chi connectivity index (χ4v) is 5.88. The van der Waals surface area contributed by atoms with Crippen LogP contribution in [0.25, 0.3) is 0 Å². The van der Waals surface area contributed by atoms with Crippen molar-refractivity contribution in [2.24, 2.45) is 15.9 Å². The molecule has 3 atom stereocenters. The molecule has 0 radical (unpaired) electrons. The maximum Gasteiger partial charge on any atom is 0.330 e. The van der Waals surface area contributed by atoms with Crippen LogP contribution in [0.5, 0.6) is 11.5 Å². The molecule has 5 rings (SSSR count). The number of carbonyl (C=O) groups excluding carboxylic acids is 3. The Morgan fingerprint density at radius 1 is 0.974 bits per heavy atom. The van der Waals surface area contributed by atoms with Crippen molar-refractivity contribution >= 4 is 23.9 Å². The number of cyclic esters (lactones) is 2. The maximum absolute atomic E-state index is 14.2. The number of esters is 2. The highest BCUT2D eigenvalue weighted by Crippen LogP contribution is 2.63. The summed E-state index contributed by atoms with van der Waals surface area (Å²) < 4.78 is 22.5. The van der Waals surface area contributed by atoms with Crippen LogP contribution in [0.4, 0.5) is 0 Å². The van der Waals surface area contributed by atoms with E-state index in [2.05, 4.69) is 5.10 Å². The molecule has 0 amide bonds. The second kappa shape index (κ2) is 8.58. The summed E-state index contributed by atoms with van der Waals surface area (Å²) in [7, 11) is 3.02. The van der Waals surface area contributed by atoms with Crippen LogP contribution in [0.3, 0.4) is 0 Å². The molecule has 9 heteroatoms. The lowest BCUT2D eigenvalue weighted by Crippen LogP contribution is -2.58. The highest BCUT2D eigenvalue weighted by Gasteiger charge is 2.75. The van der Waals surface area contributed by atoms with Crippen LogP contribution < -0.4 is 9.47 Å². The van der Waals surface area contributed by atoms with Crippen molar-refractivity contribution < 1.29 is 33.3 Å². The van der Waals surface area contributed by atoms with Crippen molar-refractivity contribution in [2.75, 3.05) is 14.2 Å². The number of carbonyl (C=O) groups is 3. The van der Waals surface area contributed by atoms with Crippen molar-refractivity contribution in [1.82, 2.24) is 5.01 Å². The van der Waals surface area contributed by atoms with Crippen molar-refractivity contribution in [1.29, 1.82) is 0 Å². The number of methoxy groups -OCH3 is 2. The molecule has 3 heterocycles. The Morgan fingerprint density at radius 2 is 1.61 bits per heavy atom. The molecule has 9 nitrogen and oxygen atoms in total. The van der Waals surface area contributed by atoms with Gasteiger partial charge in [0.15, 0.2) is 17.3 Å². The summed E-state index contributed by atoms with van der Waals surface area (Å²) in [4.78, 5) is 42.6. The van der Waals surface area contributed by atoms with E-state index in [9.17, 15) is 14.4 Å². The van der Waals surface area contributed by atoms with Gasteiger partial charge in [-0.2, -0.15) is 5.10 Å². The van der Waals surface area contributed by atoms with E-state index in [1.54, 1.807) is 29.4 Å². The average molecular weight is 521 g/mol. The van der Waals surface area contributed by atoms with Gasteiger partial charge in [0, 0.05) is 25.2 Å². The zero-order valence-corrected chi connectivity index (χ0v) is 22.6. The van der Waals surface area contributed by atoms with E-state index in [1.807, 2.05) is 45.0 Å². The Bertz CT molecular complexity index is 1340. The SMILES string of the molecule is COc1ccc([C@@H]2[C@H](C(=O)C(C)(C)C)N3N=Cc4ccccc4[C@H]3C23C(=O)OC(C)(C)OC3=O)cc1OC. The van der Waals surface area contributed by atoms with Gasteiger partial charge in [-0.15, -0.1) is 0 Å². The molecule has 3 aliphatic heterocycles. The number of hydrogen-bond donors (Lipinski definition) is 0. The molecular weight excluding hydrogens is 488 g/mol. The van der Waals surface area contributed by atoms with Crippen LogP contribution in [0.1, 0.15) is 63.3 Å². The molecular formula is C29H32N2O7. The van der Waals surface area contributed by atoms with Gasteiger partial charge in [-0.1, -0.05) is 51.1 Å². The molecule has 200 valence electrons. The lowest BCUT2D eigenvalue weighted by Gasteiger charge is -2.44. The largest absolute Gasteiger partial charge is 0.493 e. The fourth-order valence-electron chi connectivity index (χ4n) is 5.88. The third kappa shape index (κ3) is 3.59. The standard InChI is InChI=1S/C29H32N2O7/c1-27(2,3)24(32)22-21(16-12-13-19(35-6)20(14-16)36-7)29(25(33)37-28(4,5)38-26(29)34)23-18-11-9-8-10-17(18)15-30-31(22)23/h8-15,21-23H,1-7H3/t21-,22-,23+/m1/s1. The number of ether oxygens (including phenoxy) is 4. The Balaban J connectivity index is 1.86. The third-order valence-corrected chi connectivity index (χ3v) is 7.53. The van der Waals surface area contributed by atoms with E-state index >= 15 is 0 Å². The Hall–Kier alpha value is -3.88. The first-order valence-electron chi connectivity index (χ1n) is 12.5. The van der Waals surface area contributed by atoms with Gasteiger partial charge >= 0.3 is 11.9 Å². The van der Waals surface area contributed by atoms with Gasteiger partial charge in [0.25, 0.3) is 5.79 Å². The first-order chi connectivity index (χ1) is 17.9. The third-order valence-electron chi connectivity index (χ3n) is 7.53. The smallest absolute Gasteiger partial charge is 0.330 e. The number of ketones is 1. The van der Waals surface area contributed by atoms with Gasteiger partial charge in [-0.3, -0.25) is 19.4 Å². The predicted octanol–water partition coefficient (Wildman–Crippen LogP) is 4.00. The van der Waals surface area contributed by atoms with E-state index < -0.39 is 46.6 Å². The van der Waals surface area contributed by atoms with Gasteiger partial charge in [-0.05, 0) is 28.8 Å². The minimum Gasteiger partial charge on any atom is -0.493 e. The lowest BCUT2D eigenvalue weighted by atomic mass is 9.64. The number of benzene rings is 2. The van der Waals surface area contributed by atoms with Crippen molar-refractivity contribution in [3.63, 3.8) is 0 Å². The average Bonchev–Trinajstić information content (AvgIpc) is 3.18. The quantitative estimate of drug-likeness (QED) is 0.440. The van der Waals surface area contributed by atoms with Crippen molar-refractivity contribution in [2.45, 2.75) is 58.4 Å². The van der Waals surface area contributed by atoms with Crippen LogP contribution in [0.2, 0.25) is 0 Å². The fraction of sp³-hybridized carbons (Fsp3) is 0.448. The van der Waals surface area contributed by atoms with E-state index in [1.165, 1.54) is 28.1 Å². The molecule has 0 aliphatic carbocycles. The van der Waals surface area contributed by atoms with Gasteiger partial charge in [0.05, 0.1) is 20.4 Å². The first kappa shape index (κ1) is 25.8. The highest BCUT2D eigenvalue weighted by atomic mass is 16.7. The second-order valence-electron chi connectivity index (χ2n) is 11.4. The molecule has 2 saturated heterocycles. The van der Waals surface area contributed by atoms with E-state index in [0.717, 1.165) is 5.56 Å². The topological polar surface area (TPSA) is 104 Å². The summed E-state index contributed by atoms with van der Waals surface area (Å²) in [6.45, 7) is 8.45. The van der Waals surface area contributed by atoms with Crippen LogP contribution in [0, 0.1) is 10.8 Å². The molecule has 0 N–H and O–H groups in total. The van der Waals surface area contributed by atoms with Gasteiger partial charge in [0.2, 0.25) is 5.41 Å². The maximum atomic E-state index is 14.2. The summed E-state index contributed by atoms with van der Waals surface area (Å²) in [5, 5.41) is 6.27. The van der Waals surface area contributed by atoms with Crippen LogP contribution in [0.15, 0.2) is 47.6 Å². The predicted molar refractivity (Wildman–Crippen MR) is 138 cm³/mol. The zero-order chi connectivity index (χ0) is 27.6. The van der Waals surface area contributed by atoms with Crippen LogP contribution in [-0.2, 0) is 23.9 Å². The number of hydrogen-bond acceptors (Lipinski definition) is 9. The zero-order valence-electron chi connectivity index (χ0n) is 22.6. The Kier molecular flexibility index (Phi) is 5.81. The Labute approximate surface area is 221 Å². The molecule has 38 heavy (non-hydrogen) atoms. The molecule has 0 bridgehead atoms. The van der Waals surface area contributed by atoms with Crippen LogP contribution in [-0.4, -0.2) is 55.0 Å². The first-order valence-corrected chi connectivity index (χ1v) is 12.5. The lowest BCUT2D eigenvalue weighted by molar-refractivity contribution is -0.254. The number of Topliss-reactive ketones (excluding diaryl/α,β-unsaturated/α-hetero) is 1. The minimum absolute atomic E-state index is 0.180. The monoisotopic (exact) mass is 520 g/mol. The van der Waals surface area contributed by atoms with Gasteiger partial charge < -0.3 is 18.9 Å². The summed E-state index contributed by atoms with van der Waals surface area (Å²) in [6.07, 6.45) is 1.66. The molecule has 2 fully saturated rings. The normalized spacial score (nSPS) is 24.8. The minimum atomic E-state index is -1.92. The highest BCUT2D eigenvalue weighted by molar-refractivity contribution is 6.07. The molecule has 2 aromatic rings. The van der Waals surface area contributed by atoms with Gasteiger partial charge in [-0.25, -0.2) is 0 Å². The summed E-state index contributed by atoms with van der Waals surface area (Å²) in [5.74, 6) is -3.30.